The summed E-state index contributed by atoms with van der Waals surface area (Å²) >= 11 is 1.78. The molecule has 0 unspecified atom stereocenters. The molecule has 1 aromatic heterocycles. The first-order valence-electron chi connectivity index (χ1n) is 8.56. The van der Waals surface area contributed by atoms with E-state index in [1.165, 1.54) is 0 Å². The molecule has 3 rings (SSSR count). The van der Waals surface area contributed by atoms with Crippen molar-refractivity contribution in [2.24, 2.45) is 5.92 Å². The fourth-order valence-corrected chi connectivity index (χ4v) is 4.18. The van der Waals surface area contributed by atoms with Crippen LogP contribution in [0.2, 0.25) is 0 Å². The average Bonchev–Trinajstić information content (AvgIpc) is 3.09. The Kier molecular flexibility index (Phi) is 4.64. The van der Waals surface area contributed by atoms with Gasteiger partial charge in [0, 0.05) is 30.2 Å². The van der Waals surface area contributed by atoms with Crippen LogP contribution in [0, 0.1) is 5.92 Å². The lowest BCUT2D eigenvalue weighted by atomic mass is 9.99. The van der Waals surface area contributed by atoms with Crippen LogP contribution in [0.1, 0.15) is 51.8 Å². The van der Waals surface area contributed by atoms with Gasteiger partial charge in [-0.15, -0.1) is 0 Å². The number of carbonyl (C=O) groups is 2. The summed E-state index contributed by atoms with van der Waals surface area (Å²) in [6, 6.07) is 0. The van der Waals surface area contributed by atoms with Gasteiger partial charge in [0.05, 0.1) is 11.2 Å². The van der Waals surface area contributed by atoms with Crippen LogP contribution in [0.5, 0.6) is 0 Å². The Morgan fingerprint density at radius 2 is 1.88 bits per heavy atom. The predicted octanol–water partition coefficient (Wildman–Crippen LogP) is 2.58. The number of nitrogens with zero attached hydrogens (tertiary/aromatic N) is 3. The number of likely N-dealkylation sites (tertiary alicyclic amines) is 1. The van der Waals surface area contributed by atoms with Crippen molar-refractivity contribution in [1.29, 1.82) is 0 Å². The summed E-state index contributed by atoms with van der Waals surface area (Å²) in [4.78, 5) is 26.7. The molecule has 24 heavy (non-hydrogen) atoms. The standard InChI is InChI=1S/C17H26N4O2S/c1-11-5-7-20(8-6-11)16(23)15(22)18-14-12-9-24-10-13(12)19-21(14)17(2,3)4/h11H,5-10H2,1-4H3,(H,18,22). The third-order valence-corrected chi connectivity index (χ3v) is 5.65. The van der Waals surface area contributed by atoms with Crippen molar-refractivity contribution in [2.45, 2.75) is 57.6 Å². The van der Waals surface area contributed by atoms with E-state index in [1.54, 1.807) is 16.7 Å². The van der Waals surface area contributed by atoms with Gasteiger partial charge in [-0.05, 0) is 39.5 Å². The van der Waals surface area contributed by atoms with Crippen LogP contribution >= 0.6 is 11.8 Å². The van der Waals surface area contributed by atoms with Gasteiger partial charge in [-0.3, -0.25) is 9.59 Å². The van der Waals surface area contributed by atoms with Crippen LogP contribution < -0.4 is 5.32 Å². The molecule has 2 aliphatic heterocycles. The smallest absolute Gasteiger partial charge is 0.315 e. The van der Waals surface area contributed by atoms with Gasteiger partial charge < -0.3 is 10.2 Å². The molecule has 1 saturated heterocycles. The summed E-state index contributed by atoms with van der Waals surface area (Å²) in [7, 11) is 0. The van der Waals surface area contributed by atoms with Crippen molar-refractivity contribution < 1.29 is 9.59 Å². The SMILES string of the molecule is CC1CCN(C(=O)C(=O)Nc2c3c(nn2C(C)(C)C)CSC3)CC1. The number of nitrogens with one attached hydrogen (secondary N) is 1. The van der Waals surface area contributed by atoms with Crippen molar-refractivity contribution in [2.75, 3.05) is 18.4 Å². The number of thioether (sulfide) groups is 1. The van der Waals surface area contributed by atoms with Gasteiger partial charge in [0.2, 0.25) is 0 Å². The zero-order valence-electron chi connectivity index (χ0n) is 14.9. The van der Waals surface area contributed by atoms with Gasteiger partial charge in [-0.25, -0.2) is 4.68 Å². The molecule has 7 heteroatoms. The van der Waals surface area contributed by atoms with Crippen LogP contribution in [-0.4, -0.2) is 39.6 Å². The van der Waals surface area contributed by atoms with Gasteiger partial charge in [-0.2, -0.15) is 16.9 Å². The summed E-state index contributed by atoms with van der Waals surface area (Å²) in [5.41, 5.74) is 1.83. The van der Waals surface area contributed by atoms with E-state index >= 15 is 0 Å². The summed E-state index contributed by atoms with van der Waals surface area (Å²) in [5.74, 6) is 2.03. The quantitative estimate of drug-likeness (QED) is 0.791. The van der Waals surface area contributed by atoms with Crippen LogP contribution in [0.25, 0.3) is 0 Å². The second-order valence-corrected chi connectivity index (χ2v) is 8.76. The number of piperidine rings is 1. The number of amides is 2. The van der Waals surface area contributed by atoms with E-state index in [-0.39, 0.29) is 5.54 Å². The summed E-state index contributed by atoms with van der Waals surface area (Å²) in [6.45, 7) is 9.66. The van der Waals surface area contributed by atoms with E-state index in [2.05, 4.69) is 17.3 Å². The molecule has 6 nitrogen and oxygen atoms in total. The minimum absolute atomic E-state index is 0.249. The fourth-order valence-electron chi connectivity index (χ4n) is 3.14. The van der Waals surface area contributed by atoms with Gasteiger partial charge in [0.25, 0.3) is 0 Å². The van der Waals surface area contributed by atoms with Crippen LogP contribution in [-0.2, 0) is 26.6 Å². The molecule has 1 fully saturated rings. The van der Waals surface area contributed by atoms with Crippen molar-refractivity contribution in [3.8, 4) is 0 Å². The van der Waals surface area contributed by atoms with Crippen molar-refractivity contribution in [3.05, 3.63) is 11.3 Å². The number of hydrogen-bond donors (Lipinski definition) is 1. The number of carbonyl (C=O) groups excluding carboxylic acids is 2. The third kappa shape index (κ3) is 3.31. The maximum absolute atomic E-state index is 12.5. The summed E-state index contributed by atoms with van der Waals surface area (Å²) in [5, 5.41) is 7.52. The first-order valence-corrected chi connectivity index (χ1v) is 9.72. The molecule has 1 N–H and O–H groups in total. The fraction of sp³-hybridized carbons (Fsp3) is 0.706. The number of hydrogen-bond acceptors (Lipinski definition) is 4. The second kappa shape index (κ2) is 6.43. The highest BCUT2D eigenvalue weighted by Gasteiger charge is 2.31. The number of fused-ring (bicyclic) bond motifs is 1. The summed E-state index contributed by atoms with van der Waals surface area (Å²) in [6.07, 6.45) is 1.93. The first kappa shape index (κ1) is 17.3. The van der Waals surface area contributed by atoms with E-state index in [1.807, 2.05) is 25.5 Å². The highest BCUT2D eigenvalue weighted by molar-refractivity contribution is 7.98. The molecular weight excluding hydrogens is 324 g/mol. The van der Waals surface area contributed by atoms with E-state index in [0.29, 0.717) is 24.8 Å². The molecule has 0 radical (unpaired) electrons. The van der Waals surface area contributed by atoms with Crippen molar-refractivity contribution >= 4 is 29.4 Å². The Morgan fingerprint density at radius 1 is 1.21 bits per heavy atom. The Morgan fingerprint density at radius 3 is 2.50 bits per heavy atom. The molecule has 132 valence electrons. The predicted molar refractivity (Wildman–Crippen MR) is 95.8 cm³/mol. The molecule has 0 spiro atoms. The van der Waals surface area contributed by atoms with Crippen molar-refractivity contribution in [1.82, 2.24) is 14.7 Å². The van der Waals surface area contributed by atoms with Gasteiger partial charge in [0.15, 0.2) is 0 Å². The van der Waals surface area contributed by atoms with E-state index in [4.69, 9.17) is 0 Å². The number of rotatable bonds is 1. The minimum atomic E-state index is -0.547. The molecule has 0 aliphatic carbocycles. The van der Waals surface area contributed by atoms with Crippen molar-refractivity contribution in [3.63, 3.8) is 0 Å². The molecule has 0 bridgehead atoms. The zero-order valence-corrected chi connectivity index (χ0v) is 15.7. The van der Waals surface area contributed by atoms with E-state index < -0.39 is 11.8 Å². The van der Waals surface area contributed by atoms with Crippen LogP contribution in [0.4, 0.5) is 5.82 Å². The Balaban J connectivity index is 1.78. The van der Waals surface area contributed by atoms with E-state index in [0.717, 1.165) is 35.6 Å². The highest BCUT2D eigenvalue weighted by Crippen LogP contribution is 2.37. The highest BCUT2D eigenvalue weighted by atomic mass is 32.2. The number of aromatic nitrogens is 2. The number of anilines is 1. The van der Waals surface area contributed by atoms with Crippen LogP contribution in [0.15, 0.2) is 0 Å². The monoisotopic (exact) mass is 350 g/mol. The maximum atomic E-state index is 12.5. The lowest BCUT2D eigenvalue weighted by Gasteiger charge is -2.30. The van der Waals surface area contributed by atoms with Gasteiger partial charge in [0.1, 0.15) is 5.82 Å². The molecule has 0 atom stereocenters. The largest absolute Gasteiger partial charge is 0.334 e. The first-order chi connectivity index (χ1) is 11.3. The molecule has 0 aromatic carbocycles. The molecule has 1 aromatic rings. The topological polar surface area (TPSA) is 67.2 Å². The Hall–Kier alpha value is -1.50. The van der Waals surface area contributed by atoms with Gasteiger partial charge >= 0.3 is 11.8 Å². The molecule has 2 aliphatic rings. The Bertz CT molecular complexity index is 654. The lowest BCUT2D eigenvalue weighted by molar-refractivity contribution is -0.144. The zero-order chi connectivity index (χ0) is 17.5. The van der Waals surface area contributed by atoms with E-state index in [9.17, 15) is 9.59 Å². The summed E-state index contributed by atoms with van der Waals surface area (Å²) < 4.78 is 1.85. The maximum Gasteiger partial charge on any atom is 0.315 e. The average molecular weight is 350 g/mol. The normalized spacial score (nSPS) is 18.6. The third-order valence-electron chi connectivity index (χ3n) is 4.68. The second-order valence-electron chi connectivity index (χ2n) is 7.78. The molecule has 0 saturated carbocycles. The molecule has 2 amide bonds. The van der Waals surface area contributed by atoms with Gasteiger partial charge in [-0.1, -0.05) is 6.92 Å². The molecular formula is C17H26N4O2S. The van der Waals surface area contributed by atoms with Crippen LogP contribution in [0.3, 0.4) is 0 Å². The minimum Gasteiger partial charge on any atom is -0.334 e. The molecule has 3 heterocycles. The lowest BCUT2D eigenvalue weighted by Crippen LogP contribution is -2.44. The Labute approximate surface area is 147 Å².